The minimum absolute atomic E-state index is 0.333. The van der Waals surface area contributed by atoms with E-state index in [9.17, 15) is 5.11 Å². The van der Waals surface area contributed by atoms with E-state index < -0.39 is 8.07 Å². The number of phenols is 1. The predicted octanol–water partition coefficient (Wildman–Crippen LogP) is 3.60. The Morgan fingerprint density at radius 2 is 1.96 bits per heavy atom. The first-order valence-electron chi connectivity index (χ1n) is 8.85. The molecule has 2 heterocycles. The van der Waals surface area contributed by atoms with Crippen LogP contribution in [0, 0.1) is 6.01 Å². The van der Waals surface area contributed by atoms with E-state index >= 15 is 0 Å². The van der Waals surface area contributed by atoms with Gasteiger partial charge in [0, 0.05) is 0 Å². The SMILES string of the molecule is C=c1ccc2c(c1-c1[se]c(I)cc1I)[Si](C)(CCC)c1cc(O)ccc1N=2. The molecule has 6 heteroatoms. The Balaban J connectivity index is 2.16. The van der Waals surface area contributed by atoms with Crippen molar-refractivity contribution in [1.82, 2.24) is 0 Å². The fourth-order valence-electron chi connectivity index (χ4n) is 4.14. The van der Waals surface area contributed by atoms with Gasteiger partial charge in [0.05, 0.1) is 0 Å². The Hall–Kier alpha value is -0.414. The molecular formula is C21H19I2NOSeSi. The molecule has 0 radical (unpaired) electrons. The molecule has 0 amide bonds. The molecule has 1 atom stereocenters. The van der Waals surface area contributed by atoms with Gasteiger partial charge in [0.1, 0.15) is 0 Å². The average molecular weight is 662 g/mol. The molecule has 1 unspecified atom stereocenters. The van der Waals surface area contributed by atoms with Crippen molar-refractivity contribution < 1.29 is 5.11 Å². The van der Waals surface area contributed by atoms with E-state index in [1.807, 2.05) is 12.1 Å². The molecule has 138 valence electrons. The molecule has 0 spiro atoms. The van der Waals surface area contributed by atoms with Gasteiger partial charge in [0.2, 0.25) is 0 Å². The number of nitrogens with zero attached hydrogens (tertiary/aromatic N) is 1. The van der Waals surface area contributed by atoms with Crippen LogP contribution in [0.3, 0.4) is 0 Å². The molecule has 0 bridgehead atoms. The average Bonchev–Trinajstić information content (AvgIpc) is 2.95. The van der Waals surface area contributed by atoms with Crippen molar-refractivity contribution in [1.29, 1.82) is 0 Å². The summed E-state index contributed by atoms with van der Waals surface area (Å²) in [5.41, 5.74) is 2.36. The van der Waals surface area contributed by atoms with Crippen molar-refractivity contribution in [2.45, 2.75) is 25.9 Å². The first-order valence-corrected chi connectivity index (χ1v) is 15.4. The monoisotopic (exact) mass is 663 g/mol. The maximum atomic E-state index is 10.2. The second kappa shape index (κ2) is 7.44. The van der Waals surface area contributed by atoms with Crippen LogP contribution in [0.5, 0.6) is 5.75 Å². The molecular weight excluding hydrogens is 643 g/mol. The number of hydrogen-bond acceptors (Lipinski definition) is 2. The van der Waals surface area contributed by atoms with Crippen molar-refractivity contribution in [2.75, 3.05) is 0 Å². The van der Waals surface area contributed by atoms with Gasteiger partial charge >= 0.3 is 195 Å². The molecule has 0 saturated carbocycles. The van der Waals surface area contributed by atoms with Gasteiger partial charge in [-0.05, 0) is 0 Å². The van der Waals surface area contributed by atoms with E-state index in [1.165, 1.54) is 26.4 Å². The van der Waals surface area contributed by atoms with Crippen LogP contribution in [-0.4, -0.2) is 27.7 Å². The van der Waals surface area contributed by atoms with Crippen LogP contribution in [-0.2, 0) is 0 Å². The number of rotatable bonds is 3. The maximum absolute atomic E-state index is 10.2. The number of benzene rings is 2. The number of fused-ring (bicyclic) bond motifs is 2. The molecule has 1 N–H and O–H groups in total. The van der Waals surface area contributed by atoms with Gasteiger partial charge < -0.3 is 0 Å². The van der Waals surface area contributed by atoms with Gasteiger partial charge in [-0.1, -0.05) is 0 Å². The van der Waals surface area contributed by atoms with Gasteiger partial charge in [-0.15, -0.1) is 0 Å². The third-order valence-electron chi connectivity index (χ3n) is 5.27. The second-order valence-electron chi connectivity index (χ2n) is 7.12. The summed E-state index contributed by atoms with van der Waals surface area (Å²) >= 11 is 5.27. The van der Waals surface area contributed by atoms with E-state index in [-0.39, 0.29) is 0 Å². The molecule has 2 nitrogen and oxygen atoms in total. The fraction of sp³-hybridized carbons (Fsp3) is 0.190. The molecule has 1 aliphatic heterocycles. The van der Waals surface area contributed by atoms with Crippen LogP contribution in [0.15, 0.2) is 41.4 Å². The molecule has 0 aliphatic carbocycles. The summed E-state index contributed by atoms with van der Waals surface area (Å²) in [5.74, 6) is 0.338. The Morgan fingerprint density at radius 1 is 1.19 bits per heavy atom. The van der Waals surface area contributed by atoms with Crippen molar-refractivity contribution in [2.24, 2.45) is 4.99 Å². The van der Waals surface area contributed by atoms with Crippen molar-refractivity contribution in [3.63, 3.8) is 0 Å². The second-order valence-corrected chi connectivity index (χ2v) is 17.5. The van der Waals surface area contributed by atoms with Gasteiger partial charge in [0.15, 0.2) is 0 Å². The Kier molecular flexibility index (Phi) is 5.48. The summed E-state index contributed by atoms with van der Waals surface area (Å²) in [5, 5.41) is 15.1. The van der Waals surface area contributed by atoms with Crippen LogP contribution in [0.25, 0.3) is 16.6 Å². The Labute approximate surface area is 193 Å². The summed E-state index contributed by atoms with van der Waals surface area (Å²) in [6.07, 6.45) is 1.12. The van der Waals surface area contributed by atoms with Gasteiger partial charge in [-0.25, -0.2) is 0 Å². The Morgan fingerprint density at radius 3 is 2.63 bits per heavy atom. The van der Waals surface area contributed by atoms with E-state index in [0.29, 0.717) is 20.3 Å². The molecule has 4 rings (SSSR count). The van der Waals surface area contributed by atoms with Crippen molar-refractivity contribution in [3.05, 3.63) is 53.0 Å². The third-order valence-corrected chi connectivity index (χ3v) is 15.1. The quantitative estimate of drug-likeness (QED) is 0.338. The summed E-state index contributed by atoms with van der Waals surface area (Å²) in [6, 6.07) is 13.4. The van der Waals surface area contributed by atoms with Gasteiger partial charge in [0.25, 0.3) is 0 Å². The van der Waals surface area contributed by atoms with Crippen LogP contribution >= 0.6 is 45.2 Å². The van der Waals surface area contributed by atoms with E-state index in [0.717, 1.165) is 28.7 Å². The Bertz CT molecular complexity index is 1170. The number of hydrogen-bond donors (Lipinski definition) is 1. The standard InChI is InChI=1S/C21H19I2NOSeSi/c1-4-9-27(3)17-10-13(25)6-8-15(17)24-16-7-5-12(2)19(21(16)27)20-14(22)11-18(23)26-20/h5-8,10-11,25H,2,4,9H2,1,3H3. The molecule has 0 saturated heterocycles. The molecule has 3 aromatic rings. The normalized spacial score (nSPS) is 17.9. The first-order chi connectivity index (χ1) is 12.8. The van der Waals surface area contributed by atoms with Crippen molar-refractivity contribution >= 4 is 90.4 Å². The van der Waals surface area contributed by atoms with Gasteiger partial charge in [-0.3, -0.25) is 0 Å². The zero-order valence-corrected chi connectivity index (χ0v) is 22.2. The molecule has 2 aromatic carbocycles. The first kappa shape index (κ1) is 19.9. The third kappa shape index (κ3) is 3.31. The number of aromatic hydroxyl groups is 1. The van der Waals surface area contributed by atoms with E-state index in [4.69, 9.17) is 4.99 Å². The van der Waals surface area contributed by atoms with Crippen LogP contribution in [0.4, 0.5) is 5.69 Å². The van der Waals surface area contributed by atoms with Crippen LogP contribution in [0.2, 0.25) is 12.6 Å². The molecule has 1 aromatic heterocycles. The molecule has 27 heavy (non-hydrogen) atoms. The topological polar surface area (TPSA) is 32.6 Å². The molecule has 1 aliphatic rings. The van der Waals surface area contributed by atoms with Crippen LogP contribution < -0.4 is 20.9 Å². The minimum atomic E-state index is -2.05. The zero-order chi connectivity index (χ0) is 19.3. The summed E-state index contributed by atoms with van der Waals surface area (Å²) in [6.45, 7) is 9.11. The zero-order valence-electron chi connectivity index (χ0n) is 15.1. The number of phenolic OH excluding ortho intramolecular Hbond substituents is 1. The number of halogens is 2. The van der Waals surface area contributed by atoms with E-state index in [1.54, 1.807) is 6.07 Å². The van der Waals surface area contributed by atoms with Crippen LogP contribution in [0.1, 0.15) is 13.3 Å². The predicted molar refractivity (Wildman–Crippen MR) is 134 cm³/mol. The summed E-state index contributed by atoms with van der Waals surface area (Å²) in [4.78, 5) is 5.00. The van der Waals surface area contributed by atoms with Crippen molar-refractivity contribution in [3.8, 4) is 15.8 Å². The summed E-state index contributed by atoms with van der Waals surface area (Å²) < 4.78 is 4.22. The van der Waals surface area contributed by atoms with Gasteiger partial charge in [-0.2, -0.15) is 0 Å². The van der Waals surface area contributed by atoms with E-state index in [2.05, 4.69) is 83.4 Å². The molecule has 0 fully saturated rings. The fourth-order valence-corrected chi connectivity index (χ4v) is 14.3. The summed E-state index contributed by atoms with van der Waals surface area (Å²) in [7, 11) is -2.05.